The molecule has 0 fully saturated rings. The smallest absolute Gasteiger partial charge is 0.327 e. The second-order valence-electron chi connectivity index (χ2n) is 4.85. The minimum absolute atomic E-state index is 0. The molecule has 0 aliphatic carbocycles. The quantitative estimate of drug-likeness (QED) is 0.494. The van der Waals surface area contributed by atoms with Crippen molar-refractivity contribution >= 4 is 40.9 Å². The van der Waals surface area contributed by atoms with Gasteiger partial charge in [-0.1, -0.05) is 35.9 Å². The molecule has 0 saturated carbocycles. The summed E-state index contributed by atoms with van der Waals surface area (Å²) in [4.78, 5) is 12.6. The molecule has 0 spiro atoms. The standard InChI is InChI=1S/C15H18ClNO2S.ClH/c1-11(17)15(2,20-9-5-6-10-20)14(18)19-13-8-4-3-7-12(13)16;/h3-11,20H,17H2,1-2H3;1H. The first kappa shape index (κ1) is 18.1. The maximum absolute atomic E-state index is 12.6. The van der Waals surface area contributed by atoms with Crippen molar-refractivity contribution in [3.05, 3.63) is 52.3 Å². The van der Waals surface area contributed by atoms with Gasteiger partial charge in [-0.2, -0.15) is 10.9 Å². The summed E-state index contributed by atoms with van der Waals surface area (Å²) in [6.45, 7) is 3.68. The molecule has 3 nitrogen and oxygen atoms in total. The molecule has 2 rings (SSSR count). The van der Waals surface area contributed by atoms with Gasteiger partial charge in [-0.05, 0) is 36.8 Å². The van der Waals surface area contributed by atoms with Crippen LogP contribution in [0.25, 0.3) is 0 Å². The maximum Gasteiger partial charge on any atom is 0.327 e. The lowest BCUT2D eigenvalue weighted by molar-refractivity contribution is -0.137. The van der Waals surface area contributed by atoms with E-state index in [0.29, 0.717) is 10.8 Å². The molecule has 21 heavy (non-hydrogen) atoms. The summed E-state index contributed by atoms with van der Waals surface area (Å²) < 4.78 is 4.72. The fourth-order valence-electron chi connectivity index (χ4n) is 1.90. The number of carbonyl (C=O) groups is 1. The Bertz CT molecular complexity index is 563. The molecule has 6 heteroatoms. The molecule has 2 atom stereocenters. The Balaban J connectivity index is 0.00000220. The van der Waals surface area contributed by atoms with Crippen LogP contribution in [0.4, 0.5) is 0 Å². The number of benzene rings is 1. The van der Waals surface area contributed by atoms with E-state index in [0.717, 1.165) is 0 Å². The highest BCUT2D eigenvalue weighted by Gasteiger charge is 2.43. The molecule has 2 unspecified atom stereocenters. The van der Waals surface area contributed by atoms with Gasteiger partial charge in [0, 0.05) is 6.04 Å². The van der Waals surface area contributed by atoms with Crippen molar-refractivity contribution < 1.29 is 9.53 Å². The number of esters is 1. The molecule has 1 aliphatic rings. The van der Waals surface area contributed by atoms with Gasteiger partial charge in [0.05, 0.1) is 5.02 Å². The van der Waals surface area contributed by atoms with Gasteiger partial charge >= 0.3 is 5.97 Å². The Morgan fingerprint density at radius 2 is 1.90 bits per heavy atom. The van der Waals surface area contributed by atoms with E-state index in [2.05, 4.69) is 0 Å². The molecule has 2 N–H and O–H groups in total. The first-order chi connectivity index (χ1) is 9.46. The highest BCUT2D eigenvalue weighted by molar-refractivity contribution is 8.24. The van der Waals surface area contributed by atoms with Crippen molar-refractivity contribution in [2.24, 2.45) is 5.73 Å². The molecule has 0 radical (unpaired) electrons. The Morgan fingerprint density at radius 3 is 2.43 bits per heavy atom. The van der Waals surface area contributed by atoms with Gasteiger partial charge in [0.2, 0.25) is 0 Å². The van der Waals surface area contributed by atoms with Crippen molar-refractivity contribution in [3.63, 3.8) is 0 Å². The van der Waals surface area contributed by atoms with Crippen molar-refractivity contribution in [2.45, 2.75) is 24.6 Å². The summed E-state index contributed by atoms with van der Waals surface area (Å²) >= 11 is 6.03. The molecule has 1 aliphatic heterocycles. The zero-order valence-corrected chi connectivity index (χ0v) is 14.3. The first-order valence-corrected chi connectivity index (χ1v) is 8.18. The third-order valence-corrected chi connectivity index (χ3v) is 6.44. The zero-order valence-electron chi connectivity index (χ0n) is 11.8. The number of ether oxygens (including phenoxy) is 1. The van der Waals surface area contributed by atoms with Gasteiger partial charge < -0.3 is 10.5 Å². The minimum atomic E-state index is -0.779. The number of hydrogen-bond donors (Lipinski definition) is 2. The van der Waals surface area contributed by atoms with E-state index >= 15 is 0 Å². The lowest BCUT2D eigenvalue weighted by Gasteiger charge is -2.37. The number of nitrogens with two attached hydrogens (primary N) is 1. The topological polar surface area (TPSA) is 52.3 Å². The van der Waals surface area contributed by atoms with Crippen molar-refractivity contribution in [1.82, 2.24) is 0 Å². The van der Waals surface area contributed by atoms with Crippen LogP contribution >= 0.6 is 34.9 Å². The Morgan fingerprint density at radius 1 is 1.33 bits per heavy atom. The summed E-state index contributed by atoms with van der Waals surface area (Å²) in [6, 6.07) is 6.61. The molecule has 1 aromatic rings. The Hall–Kier alpha value is -0.940. The van der Waals surface area contributed by atoms with Crippen molar-refractivity contribution in [1.29, 1.82) is 0 Å². The molecule has 116 valence electrons. The molecule has 1 heterocycles. The van der Waals surface area contributed by atoms with Crippen LogP contribution in [0.1, 0.15) is 13.8 Å². The normalized spacial score (nSPS) is 18.8. The summed E-state index contributed by atoms with van der Waals surface area (Å²) in [5.41, 5.74) is 6.06. The van der Waals surface area contributed by atoms with E-state index in [4.69, 9.17) is 22.1 Å². The summed E-state index contributed by atoms with van der Waals surface area (Å²) in [6.07, 6.45) is 3.88. The lowest BCUT2D eigenvalue weighted by Crippen LogP contribution is -2.51. The minimum Gasteiger partial charge on any atom is -0.424 e. The summed E-state index contributed by atoms with van der Waals surface area (Å²) in [5, 5.41) is 4.46. The summed E-state index contributed by atoms with van der Waals surface area (Å²) in [7, 11) is -0.779. The van der Waals surface area contributed by atoms with Crippen LogP contribution in [0.3, 0.4) is 0 Å². The third-order valence-electron chi connectivity index (χ3n) is 3.48. The molecule has 1 aromatic carbocycles. The van der Waals surface area contributed by atoms with E-state index in [1.807, 2.05) is 36.8 Å². The van der Waals surface area contributed by atoms with Gasteiger partial charge in [0.25, 0.3) is 0 Å². The first-order valence-electron chi connectivity index (χ1n) is 6.32. The molecule has 0 aromatic heterocycles. The Labute approximate surface area is 138 Å². The third kappa shape index (κ3) is 3.64. The highest BCUT2D eigenvalue weighted by atomic mass is 35.5. The van der Waals surface area contributed by atoms with E-state index in [-0.39, 0.29) is 24.4 Å². The van der Waals surface area contributed by atoms with Crippen LogP contribution < -0.4 is 10.5 Å². The van der Waals surface area contributed by atoms with Gasteiger partial charge in [0.15, 0.2) is 0 Å². The average molecular weight is 348 g/mol. The lowest BCUT2D eigenvalue weighted by atomic mass is 10.0. The SMILES string of the molecule is CC(N)C(C)(C(=O)Oc1ccccc1Cl)[SH]1C=CC=C1.Cl. The Kier molecular flexibility index (Phi) is 6.35. The number of para-hydroxylation sites is 1. The van der Waals surface area contributed by atoms with Crippen LogP contribution in [0, 0.1) is 0 Å². The van der Waals surface area contributed by atoms with Gasteiger partial charge in [-0.15, -0.1) is 12.4 Å². The predicted octanol–water partition coefficient (Wildman–Crippen LogP) is 3.82. The second-order valence-corrected chi connectivity index (χ2v) is 7.59. The van der Waals surface area contributed by atoms with E-state index in [1.54, 1.807) is 24.3 Å². The molecule has 0 bridgehead atoms. The van der Waals surface area contributed by atoms with Gasteiger partial charge in [-0.3, -0.25) is 4.79 Å². The zero-order chi connectivity index (χ0) is 14.8. The number of hydrogen-bond acceptors (Lipinski definition) is 3. The van der Waals surface area contributed by atoms with Crippen LogP contribution in [0.2, 0.25) is 5.02 Å². The molecule has 0 amide bonds. The van der Waals surface area contributed by atoms with Gasteiger partial charge in [-0.25, -0.2) is 0 Å². The van der Waals surface area contributed by atoms with Crippen LogP contribution in [0.5, 0.6) is 5.75 Å². The van der Waals surface area contributed by atoms with Gasteiger partial charge in [0.1, 0.15) is 10.5 Å². The largest absolute Gasteiger partial charge is 0.424 e. The summed E-state index contributed by atoms with van der Waals surface area (Å²) in [5.74, 6) is 0.0242. The highest BCUT2D eigenvalue weighted by Crippen LogP contribution is 2.48. The number of rotatable bonds is 4. The van der Waals surface area contributed by atoms with E-state index < -0.39 is 15.6 Å². The molecular weight excluding hydrogens is 329 g/mol. The molecule has 0 saturated heterocycles. The number of thiol groups is 1. The van der Waals surface area contributed by atoms with Crippen molar-refractivity contribution in [3.8, 4) is 5.75 Å². The van der Waals surface area contributed by atoms with Crippen LogP contribution in [0.15, 0.2) is 47.2 Å². The number of allylic oxidation sites excluding steroid dienone is 2. The maximum atomic E-state index is 12.6. The predicted molar refractivity (Wildman–Crippen MR) is 93.7 cm³/mol. The van der Waals surface area contributed by atoms with E-state index in [1.165, 1.54) is 0 Å². The van der Waals surface area contributed by atoms with Crippen LogP contribution in [-0.2, 0) is 4.79 Å². The second kappa shape index (κ2) is 7.36. The van der Waals surface area contributed by atoms with Crippen molar-refractivity contribution in [2.75, 3.05) is 0 Å². The monoisotopic (exact) mass is 347 g/mol. The van der Waals surface area contributed by atoms with Crippen LogP contribution in [-0.4, -0.2) is 16.8 Å². The average Bonchev–Trinajstić information content (AvgIpc) is 2.94. The van der Waals surface area contributed by atoms with E-state index in [9.17, 15) is 4.79 Å². The molecular formula is C15H19Cl2NO2S. The fourth-order valence-corrected chi connectivity index (χ4v) is 4.09. The number of halogens is 2. The fraction of sp³-hybridized carbons (Fsp3) is 0.267. The number of carbonyl (C=O) groups excluding carboxylic acids is 1.